The molecule has 0 spiro atoms. The van der Waals surface area contributed by atoms with E-state index >= 15 is 4.39 Å². The van der Waals surface area contributed by atoms with Crippen molar-refractivity contribution in [3.8, 4) is 28.3 Å². The van der Waals surface area contributed by atoms with Crippen molar-refractivity contribution < 1.29 is 37.6 Å². The Bertz CT molecular complexity index is 1720. The lowest BCUT2D eigenvalue weighted by atomic mass is 10.0. The molecule has 9 nitrogen and oxygen atoms in total. The van der Waals surface area contributed by atoms with E-state index in [-0.39, 0.29) is 43.6 Å². The van der Waals surface area contributed by atoms with Crippen molar-refractivity contribution in [2.24, 2.45) is 5.92 Å². The second-order valence-corrected chi connectivity index (χ2v) is 12.2. The molecule has 8 rings (SSSR count). The van der Waals surface area contributed by atoms with E-state index in [9.17, 15) is 14.3 Å². The number of aliphatic hydroxyl groups excluding tert-OH is 1. The number of aliphatic hydroxyl groups is 1. The minimum Gasteiger partial charge on any atom is -0.470 e. The van der Waals surface area contributed by atoms with Crippen molar-refractivity contribution in [3.05, 3.63) is 66.5 Å². The van der Waals surface area contributed by atoms with Gasteiger partial charge in [-0.15, -0.1) is 0 Å². The number of benzene rings is 2. The van der Waals surface area contributed by atoms with Gasteiger partial charge in [0.1, 0.15) is 36.4 Å². The lowest BCUT2D eigenvalue weighted by molar-refractivity contribution is -0.117. The number of carbonyl (C=O) groups is 1. The number of amides is 1. The zero-order valence-electron chi connectivity index (χ0n) is 24.4. The van der Waals surface area contributed by atoms with Gasteiger partial charge in [-0.05, 0) is 48.9 Å². The van der Waals surface area contributed by atoms with E-state index < -0.39 is 36.2 Å². The summed E-state index contributed by atoms with van der Waals surface area (Å²) in [7, 11) is 0. The summed E-state index contributed by atoms with van der Waals surface area (Å²) in [4.78, 5) is 16.8. The molecular weight excluding hydrogens is 584 g/mol. The number of rotatable bonds is 7. The number of fused-ring (bicyclic) bond motifs is 2. The quantitative estimate of drug-likeness (QED) is 0.286. The van der Waals surface area contributed by atoms with Crippen LogP contribution in [-0.4, -0.2) is 71.0 Å². The third kappa shape index (κ3) is 5.37. The van der Waals surface area contributed by atoms with Crippen LogP contribution in [0.5, 0.6) is 5.88 Å². The maximum absolute atomic E-state index is 15.8. The second-order valence-electron chi connectivity index (χ2n) is 12.2. The second kappa shape index (κ2) is 11.5. The summed E-state index contributed by atoms with van der Waals surface area (Å²) in [5.41, 5.74) is 4.44. The first-order valence-electron chi connectivity index (χ1n) is 15.5. The predicted molar refractivity (Wildman–Crippen MR) is 161 cm³/mol. The summed E-state index contributed by atoms with van der Waals surface area (Å²) in [6.07, 6.45) is -0.304. The maximum atomic E-state index is 15.8. The van der Waals surface area contributed by atoms with Crippen molar-refractivity contribution in [1.82, 2.24) is 9.55 Å². The van der Waals surface area contributed by atoms with E-state index in [1.54, 1.807) is 18.2 Å². The number of alkyl halides is 1. The molecule has 5 heterocycles. The molecule has 0 bridgehead atoms. The Hall–Kier alpha value is -3.90. The van der Waals surface area contributed by atoms with Crippen molar-refractivity contribution in [2.45, 2.75) is 62.5 Å². The number of hydrogen-bond acceptors (Lipinski definition) is 7. The van der Waals surface area contributed by atoms with Crippen LogP contribution in [0.2, 0.25) is 0 Å². The van der Waals surface area contributed by atoms with Gasteiger partial charge >= 0.3 is 0 Å². The fourth-order valence-electron chi connectivity index (χ4n) is 6.55. The summed E-state index contributed by atoms with van der Waals surface area (Å²) in [6, 6.07) is 18.1. The largest absolute Gasteiger partial charge is 0.470 e. The first-order chi connectivity index (χ1) is 21.9. The molecule has 2 aromatic heterocycles. The van der Waals surface area contributed by atoms with Crippen molar-refractivity contribution in [1.29, 1.82) is 0 Å². The maximum Gasteiger partial charge on any atom is 0.230 e. The number of ether oxygens (including phenoxy) is 4. The highest BCUT2D eigenvalue weighted by molar-refractivity contribution is 5.95. The number of anilines is 1. The average molecular weight is 618 g/mol. The van der Waals surface area contributed by atoms with Crippen molar-refractivity contribution in [2.75, 3.05) is 25.1 Å². The van der Waals surface area contributed by atoms with Gasteiger partial charge in [-0.2, -0.15) is 0 Å². The Morgan fingerprint density at radius 2 is 1.67 bits per heavy atom. The van der Waals surface area contributed by atoms with Gasteiger partial charge in [0.15, 0.2) is 17.8 Å². The van der Waals surface area contributed by atoms with Crippen molar-refractivity contribution in [3.63, 3.8) is 0 Å². The molecule has 2 aromatic carbocycles. The number of pyridine rings is 1. The Kier molecular flexibility index (Phi) is 7.28. The number of hydrogen-bond donors (Lipinski definition) is 2. The third-order valence-corrected chi connectivity index (χ3v) is 9.13. The van der Waals surface area contributed by atoms with Gasteiger partial charge in [0.25, 0.3) is 0 Å². The average Bonchev–Trinajstić information content (AvgIpc) is 3.32. The lowest BCUT2D eigenvalue weighted by Gasteiger charge is -2.27. The smallest absolute Gasteiger partial charge is 0.230 e. The predicted octanol–water partition coefficient (Wildman–Crippen LogP) is 5.41. The number of carbonyl (C=O) groups excluding carboxylic acids is 1. The fourth-order valence-corrected chi connectivity index (χ4v) is 6.55. The molecule has 3 aliphatic heterocycles. The molecule has 2 N–H and O–H groups in total. The number of aromatic nitrogens is 2. The molecule has 1 aliphatic carbocycles. The van der Waals surface area contributed by atoms with E-state index in [1.165, 1.54) is 6.07 Å². The molecule has 1 amide bonds. The molecule has 4 fully saturated rings. The van der Waals surface area contributed by atoms with Gasteiger partial charge in [0.05, 0.1) is 30.2 Å². The summed E-state index contributed by atoms with van der Waals surface area (Å²) in [5.74, 6) is -0.809. The Morgan fingerprint density at radius 1 is 0.956 bits per heavy atom. The lowest BCUT2D eigenvalue weighted by Crippen LogP contribution is -2.35. The van der Waals surface area contributed by atoms with Crippen LogP contribution in [0, 0.1) is 11.7 Å². The number of halogens is 2. The minimum absolute atomic E-state index is 0.199. The zero-order valence-corrected chi connectivity index (χ0v) is 24.4. The van der Waals surface area contributed by atoms with E-state index in [0.29, 0.717) is 34.8 Å². The topological polar surface area (TPSA) is 104 Å². The molecule has 0 radical (unpaired) electrons. The highest BCUT2D eigenvalue weighted by Gasteiger charge is 2.49. The van der Waals surface area contributed by atoms with Crippen LogP contribution in [-0.2, 0) is 19.0 Å². The Labute approximate surface area is 258 Å². The summed E-state index contributed by atoms with van der Waals surface area (Å²) >= 11 is 0. The first-order valence-corrected chi connectivity index (χ1v) is 15.5. The van der Waals surface area contributed by atoms with Crippen LogP contribution in [0.25, 0.3) is 33.4 Å². The molecule has 11 heteroatoms. The summed E-state index contributed by atoms with van der Waals surface area (Å²) in [5, 5.41) is 12.9. The Morgan fingerprint density at radius 3 is 2.38 bits per heavy atom. The van der Waals surface area contributed by atoms with Gasteiger partial charge in [-0.1, -0.05) is 36.4 Å². The zero-order chi connectivity index (χ0) is 30.7. The van der Waals surface area contributed by atoms with Gasteiger partial charge < -0.3 is 29.4 Å². The van der Waals surface area contributed by atoms with Crippen LogP contribution >= 0.6 is 0 Å². The first kappa shape index (κ1) is 28.6. The monoisotopic (exact) mass is 617 g/mol. The minimum atomic E-state index is -1.04. The van der Waals surface area contributed by atoms with Crippen molar-refractivity contribution >= 4 is 22.6 Å². The van der Waals surface area contributed by atoms with Gasteiger partial charge in [0.2, 0.25) is 5.91 Å². The summed E-state index contributed by atoms with van der Waals surface area (Å²) < 4.78 is 54.8. The fraction of sp³-hybridized carbons (Fsp3) is 0.412. The van der Waals surface area contributed by atoms with E-state index in [2.05, 4.69) is 5.32 Å². The molecule has 4 aromatic rings. The van der Waals surface area contributed by atoms with E-state index in [4.69, 9.17) is 23.9 Å². The van der Waals surface area contributed by atoms with Crippen LogP contribution < -0.4 is 10.1 Å². The van der Waals surface area contributed by atoms with Gasteiger partial charge in [-0.25, -0.2) is 13.8 Å². The molecule has 2 unspecified atom stereocenters. The molecule has 1 saturated carbocycles. The standard InChI is InChI=1S/C34H33F2N3O6/c35-23-13-22(23)34(41)37-21-10-8-19(9-11-21)18-4-6-20(7-5-18)31-24(36)14-26-25(38-31)15-30(39(26)29-3-1-2-12-42-29)45-28-17-44-32-27(40)16-43-33(28)32/h4-11,14-15,22-23,27-29,32-33,40H,1-3,12-13,16-17H2,(H,37,41)/t22-,23+,27-,28-,29?,32?,33-/m1/s1. The highest BCUT2D eigenvalue weighted by Crippen LogP contribution is 2.39. The molecule has 4 aliphatic rings. The van der Waals surface area contributed by atoms with E-state index in [0.717, 1.165) is 30.4 Å². The summed E-state index contributed by atoms with van der Waals surface area (Å²) in [6.45, 7) is 1.08. The van der Waals surface area contributed by atoms with Crippen LogP contribution in [0.15, 0.2) is 60.7 Å². The third-order valence-electron chi connectivity index (χ3n) is 9.13. The number of nitrogens with zero attached hydrogens (tertiary/aromatic N) is 2. The molecule has 234 valence electrons. The number of nitrogens with one attached hydrogen (secondary N) is 1. The molecular formula is C34H33F2N3O6. The van der Waals surface area contributed by atoms with Gasteiger partial charge in [0, 0.05) is 30.0 Å². The van der Waals surface area contributed by atoms with Crippen LogP contribution in [0.1, 0.15) is 31.9 Å². The normalized spacial score (nSPS) is 29.1. The molecule has 3 saturated heterocycles. The van der Waals surface area contributed by atoms with Crippen LogP contribution in [0.3, 0.4) is 0 Å². The van der Waals surface area contributed by atoms with Crippen LogP contribution in [0.4, 0.5) is 14.5 Å². The van der Waals surface area contributed by atoms with E-state index in [1.807, 2.05) is 41.0 Å². The van der Waals surface area contributed by atoms with Gasteiger partial charge in [-0.3, -0.25) is 9.36 Å². The SMILES string of the molecule is O=C(Nc1ccc(-c2ccc(-c3nc4cc(O[C@@H]5COC6[C@H](O)CO[C@@H]65)n(C5CCCCO5)c4cc3F)cc2)cc1)[C@@H]1C[C@@H]1F. The highest BCUT2D eigenvalue weighted by atomic mass is 19.1. The Balaban J connectivity index is 1.06. The molecule has 7 atom stereocenters. The molecule has 45 heavy (non-hydrogen) atoms.